The van der Waals surface area contributed by atoms with Crippen LogP contribution in [0.1, 0.15) is 5.56 Å². The number of aromatic nitrogens is 3. The van der Waals surface area contributed by atoms with Gasteiger partial charge in [-0.3, -0.25) is 9.48 Å². The van der Waals surface area contributed by atoms with E-state index in [4.69, 9.17) is 11.6 Å². The molecule has 2 rings (SSSR count). The van der Waals surface area contributed by atoms with Crippen LogP contribution in [0.5, 0.6) is 0 Å². The number of H-pyrrole nitrogens is 1. The lowest BCUT2D eigenvalue weighted by Gasteiger charge is -2.16. The van der Waals surface area contributed by atoms with Crippen molar-refractivity contribution in [3.05, 3.63) is 45.6 Å². The highest BCUT2D eigenvalue weighted by Crippen LogP contribution is 2.17. The highest BCUT2D eigenvalue weighted by atomic mass is 35.5. The van der Waals surface area contributed by atoms with Crippen LogP contribution in [0.4, 0.5) is 0 Å². The predicted octanol–water partition coefficient (Wildman–Crippen LogP) is 0.582. The minimum Gasteiger partial charge on any atom is -0.326 e. The molecule has 0 saturated heterocycles. The molecule has 0 radical (unpaired) electrons. The second-order valence-electron chi connectivity index (χ2n) is 4.30. The van der Waals surface area contributed by atoms with Gasteiger partial charge < -0.3 is 4.98 Å². The van der Waals surface area contributed by atoms with Gasteiger partial charge in [-0.15, -0.1) is 0 Å². The lowest BCUT2D eigenvalue weighted by atomic mass is 10.4. The Morgan fingerprint density at radius 1 is 1.50 bits per heavy atom. The van der Waals surface area contributed by atoms with Gasteiger partial charge >= 0.3 is 0 Å². The first-order valence-corrected chi connectivity index (χ1v) is 7.44. The van der Waals surface area contributed by atoms with Gasteiger partial charge in [-0.05, 0) is 6.07 Å². The van der Waals surface area contributed by atoms with Crippen LogP contribution in [0.15, 0.2) is 34.3 Å². The van der Waals surface area contributed by atoms with E-state index < -0.39 is 15.6 Å². The van der Waals surface area contributed by atoms with E-state index in [-0.39, 0.29) is 16.5 Å². The number of halogens is 1. The standard InChI is InChI=1S/C11H13ClN4O3S/c1-15-6-8(4-14-15)7-16(2)20(18,19)9-3-10(12)11(17)13-5-9/h3-6H,7H2,1-2H3,(H,13,17). The highest BCUT2D eigenvalue weighted by molar-refractivity contribution is 7.89. The Hall–Kier alpha value is -1.64. The summed E-state index contributed by atoms with van der Waals surface area (Å²) in [5.74, 6) is 0. The van der Waals surface area contributed by atoms with Gasteiger partial charge in [0.2, 0.25) is 10.0 Å². The molecule has 0 spiro atoms. The summed E-state index contributed by atoms with van der Waals surface area (Å²) in [5, 5.41) is 3.81. The van der Waals surface area contributed by atoms with Gasteiger partial charge in [0.15, 0.2) is 0 Å². The molecule has 0 aliphatic heterocycles. The van der Waals surface area contributed by atoms with E-state index in [9.17, 15) is 13.2 Å². The molecule has 2 heterocycles. The topological polar surface area (TPSA) is 88.1 Å². The summed E-state index contributed by atoms with van der Waals surface area (Å²) in [6.45, 7) is 0.174. The van der Waals surface area contributed by atoms with Gasteiger partial charge in [0, 0.05) is 38.6 Å². The Bertz CT molecular complexity index is 781. The Balaban J connectivity index is 2.29. The van der Waals surface area contributed by atoms with Gasteiger partial charge in [0.1, 0.15) is 5.02 Å². The van der Waals surface area contributed by atoms with Crippen LogP contribution in [0.2, 0.25) is 5.02 Å². The minimum absolute atomic E-state index is 0.0616. The van der Waals surface area contributed by atoms with Crippen LogP contribution in [0.25, 0.3) is 0 Å². The first kappa shape index (κ1) is 14.8. The van der Waals surface area contributed by atoms with Gasteiger partial charge in [-0.1, -0.05) is 11.6 Å². The first-order valence-electron chi connectivity index (χ1n) is 5.63. The van der Waals surface area contributed by atoms with Crippen molar-refractivity contribution >= 4 is 21.6 Å². The zero-order chi connectivity index (χ0) is 14.9. The van der Waals surface area contributed by atoms with Crippen molar-refractivity contribution in [1.82, 2.24) is 19.1 Å². The van der Waals surface area contributed by atoms with Crippen molar-refractivity contribution in [3.8, 4) is 0 Å². The number of aryl methyl sites for hydroxylation is 1. The molecule has 0 saturated carbocycles. The SMILES string of the molecule is CN(Cc1cnn(C)c1)S(=O)(=O)c1c[nH]c(=O)c(Cl)c1. The third-order valence-electron chi connectivity index (χ3n) is 2.70. The minimum atomic E-state index is -3.73. The largest absolute Gasteiger partial charge is 0.326 e. The van der Waals surface area contributed by atoms with E-state index in [1.807, 2.05) is 0 Å². The van der Waals surface area contributed by atoms with Crippen LogP contribution in [-0.2, 0) is 23.6 Å². The molecule has 1 N–H and O–H groups in total. The third-order valence-corrected chi connectivity index (χ3v) is 4.77. The molecule has 0 aromatic carbocycles. The molecular weight excluding hydrogens is 304 g/mol. The van der Waals surface area contributed by atoms with Crippen molar-refractivity contribution < 1.29 is 8.42 Å². The number of sulfonamides is 1. The molecule has 0 bridgehead atoms. The Kier molecular flexibility index (Phi) is 3.98. The molecule has 7 nitrogen and oxygen atoms in total. The highest BCUT2D eigenvalue weighted by Gasteiger charge is 2.22. The summed E-state index contributed by atoms with van der Waals surface area (Å²) >= 11 is 5.65. The number of rotatable bonds is 4. The molecule has 2 aromatic heterocycles. The van der Waals surface area contributed by atoms with E-state index in [1.165, 1.54) is 7.05 Å². The molecule has 2 aromatic rings. The molecule has 9 heteroatoms. The fraction of sp³-hybridized carbons (Fsp3) is 0.273. The maximum Gasteiger partial charge on any atom is 0.266 e. The number of nitrogens with one attached hydrogen (secondary N) is 1. The number of hydrogen-bond acceptors (Lipinski definition) is 4. The van der Waals surface area contributed by atoms with Gasteiger partial charge in [0.05, 0.1) is 11.1 Å². The van der Waals surface area contributed by atoms with E-state index in [0.29, 0.717) is 0 Å². The number of pyridine rings is 1. The molecule has 0 amide bonds. The molecule has 0 aliphatic carbocycles. The van der Waals surface area contributed by atoms with Gasteiger partial charge in [-0.2, -0.15) is 9.40 Å². The monoisotopic (exact) mass is 316 g/mol. The number of nitrogens with zero attached hydrogens (tertiary/aromatic N) is 3. The van der Waals surface area contributed by atoms with E-state index >= 15 is 0 Å². The van der Waals surface area contributed by atoms with Crippen LogP contribution >= 0.6 is 11.6 Å². The van der Waals surface area contributed by atoms with Crippen LogP contribution in [0.3, 0.4) is 0 Å². The predicted molar refractivity (Wildman–Crippen MR) is 73.9 cm³/mol. The normalized spacial score (nSPS) is 12.0. The van der Waals surface area contributed by atoms with Gasteiger partial charge in [0.25, 0.3) is 5.56 Å². The quantitative estimate of drug-likeness (QED) is 0.894. The lowest BCUT2D eigenvalue weighted by Crippen LogP contribution is -2.27. The van der Waals surface area contributed by atoms with Gasteiger partial charge in [-0.25, -0.2) is 8.42 Å². The summed E-state index contributed by atoms with van der Waals surface area (Å²) in [4.78, 5) is 13.4. The molecule has 20 heavy (non-hydrogen) atoms. The Labute approximate surface area is 120 Å². The summed E-state index contributed by atoms with van der Waals surface area (Å²) in [6.07, 6.45) is 4.45. The van der Waals surface area contributed by atoms with Crippen molar-refractivity contribution in [3.63, 3.8) is 0 Å². The summed E-state index contributed by atoms with van der Waals surface area (Å²) in [7, 11) is -0.530. The Morgan fingerprint density at radius 3 is 2.75 bits per heavy atom. The van der Waals surface area contributed by atoms with Crippen LogP contribution in [0, 0.1) is 0 Å². The van der Waals surface area contributed by atoms with E-state index in [1.54, 1.807) is 24.1 Å². The van der Waals surface area contributed by atoms with Crippen molar-refractivity contribution in [2.75, 3.05) is 7.05 Å². The first-order chi connectivity index (χ1) is 9.30. The average molecular weight is 317 g/mol. The van der Waals surface area contributed by atoms with Crippen molar-refractivity contribution in [2.45, 2.75) is 11.4 Å². The molecule has 0 unspecified atom stereocenters. The maximum atomic E-state index is 12.3. The maximum absolute atomic E-state index is 12.3. The molecule has 0 atom stereocenters. The molecule has 108 valence electrons. The summed E-state index contributed by atoms with van der Waals surface area (Å²) in [5.41, 5.74) is 0.231. The van der Waals surface area contributed by atoms with Crippen molar-refractivity contribution in [1.29, 1.82) is 0 Å². The zero-order valence-electron chi connectivity index (χ0n) is 10.9. The number of aromatic amines is 1. The van der Waals surface area contributed by atoms with Crippen LogP contribution < -0.4 is 5.56 Å². The van der Waals surface area contributed by atoms with E-state index in [0.717, 1.165) is 22.1 Å². The Morgan fingerprint density at radius 2 is 2.20 bits per heavy atom. The zero-order valence-corrected chi connectivity index (χ0v) is 12.4. The van der Waals surface area contributed by atoms with Crippen LogP contribution in [-0.4, -0.2) is 34.5 Å². The lowest BCUT2D eigenvalue weighted by molar-refractivity contribution is 0.466. The van der Waals surface area contributed by atoms with E-state index in [2.05, 4.69) is 10.1 Å². The van der Waals surface area contributed by atoms with Crippen molar-refractivity contribution in [2.24, 2.45) is 7.05 Å². The fourth-order valence-corrected chi connectivity index (χ4v) is 3.05. The third kappa shape index (κ3) is 2.92. The number of hydrogen-bond donors (Lipinski definition) is 1. The summed E-state index contributed by atoms with van der Waals surface area (Å²) in [6, 6.07) is 1.13. The fourth-order valence-electron chi connectivity index (χ4n) is 1.66. The molecule has 0 fully saturated rings. The smallest absolute Gasteiger partial charge is 0.266 e. The second kappa shape index (κ2) is 5.39. The molecular formula is C11H13ClN4O3S. The summed E-state index contributed by atoms with van der Waals surface area (Å²) < 4.78 is 27.4. The molecule has 0 aliphatic rings. The average Bonchev–Trinajstić information content (AvgIpc) is 2.78. The second-order valence-corrected chi connectivity index (χ2v) is 6.75.